The summed E-state index contributed by atoms with van der Waals surface area (Å²) in [6.45, 7) is 10.1. The van der Waals surface area contributed by atoms with Crippen molar-refractivity contribution in [3.63, 3.8) is 0 Å². The lowest BCUT2D eigenvalue weighted by atomic mass is 9.75. The predicted molar refractivity (Wildman–Crippen MR) is 101 cm³/mol. The molecule has 2 atom stereocenters. The van der Waals surface area contributed by atoms with Gasteiger partial charge < -0.3 is 11.1 Å². The summed E-state index contributed by atoms with van der Waals surface area (Å²) >= 11 is 0. The number of nitrogens with one attached hydrogen (secondary N) is 1. The molecule has 1 amide bonds. The van der Waals surface area contributed by atoms with Gasteiger partial charge in [0.1, 0.15) is 0 Å². The molecule has 0 bridgehead atoms. The third-order valence-electron chi connectivity index (χ3n) is 4.86. The van der Waals surface area contributed by atoms with Gasteiger partial charge in [0.05, 0.1) is 5.41 Å². The third-order valence-corrected chi connectivity index (χ3v) is 4.86. The normalized spacial score (nSPS) is 23.4. The van der Waals surface area contributed by atoms with Gasteiger partial charge in [-0.25, -0.2) is 0 Å². The first-order valence-corrected chi connectivity index (χ1v) is 8.80. The summed E-state index contributed by atoms with van der Waals surface area (Å²) in [5.41, 5.74) is 8.75. The molecule has 3 heteroatoms. The number of carbonyl (C=O) groups excluding carboxylic acids is 1. The Balaban J connectivity index is 2.17. The smallest absolute Gasteiger partial charge is 0.232 e. The van der Waals surface area contributed by atoms with E-state index >= 15 is 0 Å². The maximum Gasteiger partial charge on any atom is 0.232 e. The van der Waals surface area contributed by atoms with E-state index in [0.29, 0.717) is 12.5 Å². The lowest BCUT2D eigenvalue weighted by molar-refractivity contribution is -0.123. The summed E-state index contributed by atoms with van der Waals surface area (Å²) in [7, 11) is 0. The minimum absolute atomic E-state index is 0.217. The van der Waals surface area contributed by atoms with Crippen molar-refractivity contribution in [2.24, 2.45) is 17.1 Å². The number of nitrogens with two attached hydrogens (primary N) is 1. The van der Waals surface area contributed by atoms with Gasteiger partial charge in [-0.05, 0) is 43.9 Å². The van der Waals surface area contributed by atoms with Crippen molar-refractivity contribution in [2.45, 2.75) is 40.0 Å². The molecule has 3 N–H and O–H groups in total. The number of benzene rings is 1. The summed E-state index contributed by atoms with van der Waals surface area (Å²) in [6.07, 6.45) is 7.26. The quantitative estimate of drug-likeness (QED) is 0.593. The Labute approximate surface area is 146 Å². The van der Waals surface area contributed by atoms with Crippen LogP contribution in [0.2, 0.25) is 0 Å². The van der Waals surface area contributed by atoms with Crippen LogP contribution in [0.3, 0.4) is 0 Å². The fourth-order valence-electron chi connectivity index (χ4n) is 3.28. The zero-order chi connectivity index (χ0) is 17.7. The molecule has 1 aliphatic carbocycles. The van der Waals surface area contributed by atoms with E-state index in [2.05, 4.69) is 69.4 Å². The molecule has 2 unspecified atom stereocenters. The molecule has 0 fully saturated rings. The second-order valence-corrected chi connectivity index (χ2v) is 7.35. The number of hydrogen-bond donors (Lipinski definition) is 2. The van der Waals surface area contributed by atoms with E-state index < -0.39 is 5.41 Å². The monoisotopic (exact) mass is 326 g/mol. The molecule has 2 rings (SSSR count). The maximum atomic E-state index is 12.1. The standard InChI is InChI=1S/C21H30N2O/c1-15(2)10-12-23-14-21(20(22)24)11-9-19(17(4)13-21)18-8-6-5-7-16(18)3/h5-9,11,13,15,19,23H,10,12,14H2,1-4H3,(H2,22,24). The Morgan fingerprint density at radius 1 is 1.29 bits per heavy atom. The van der Waals surface area contributed by atoms with E-state index in [0.717, 1.165) is 13.0 Å². The van der Waals surface area contributed by atoms with Crippen LogP contribution in [0.25, 0.3) is 0 Å². The summed E-state index contributed by atoms with van der Waals surface area (Å²) < 4.78 is 0. The zero-order valence-corrected chi connectivity index (χ0v) is 15.3. The Bertz CT molecular complexity index is 645. The summed E-state index contributed by atoms with van der Waals surface area (Å²) in [5, 5.41) is 3.40. The molecule has 0 saturated carbocycles. The SMILES string of the molecule is CC1=CC(CNCCC(C)C)(C(N)=O)C=CC1c1ccccc1C. The average molecular weight is 326 g/mol. The first kappa shape index (κ1) is 18.5. The van der Waals surface area contributed by atoms with Crippen molar-refractivity contribution < 1.29 is 4.79 Å². The zero-order valence-electron chi connectivity index (χ0n) is 15.3. The molecule has 0 spiro atoms. The third kappa shape index (κ3) is 4.15. The summed E-state index contributed by atoms with van der Waals surface area (Å²) in [5.74, 6) is 0.569. The topological polar surface area (TPSA) is 55.1 Å². The molecule has 0 saturated heterocycles. The molecular weight excluding hydrogens is 296 g/mol. The lowest BCUT2D eigenvalue weighted by Crippen LogP contribution is -2.44. The second kappa shape index (κ2) is 7.80. The largest absolute Gasteiger partial charge is 0.369 e. The molecule has 0 heterocycles. The van der Waals surface area contributed by atoms with Crippen molar-refractivity contribution in [3.8, 4) is 0 Å². The van der Waals surface area contributed by atoms with E-state index in [4.69, 9.17) is 5.73 Å². The van der Waals surface area contributed by atoms with E-state index in [9.17, 15) is 4.79 Å². The van der Waals surface area contributed by atoms with Crippen LogP contribution in [-0.4, -0.2) is 19.0 Å². The highest BCUT2D eigenvalue weighted by Gasteiger charge is 2.35. The Morgan fingerprint density at radius 3 is 2.58 bits per heavy atom. The Kier molecular flexibility index (Phi) is 6.00. The fourth-order valence-corrected chi connectivity index (χ4v) is 3.28. The predicted octanol–water partition coefficient (Wildman–Crippen LogP) is 3.70. The molecule has 0 aliphatic heterocycles. The maximum absolute atomic E-state index is 12.1. The highest BCUT2D eigenvalue weighted by Crippen LogP contribution is 2.37. The van der Waals surface area contributed by atoms with Gasteiger partial charge in [-0.15, -0.1) is 0 Å². The van der Waals surface area contributed by atoms with Gasteiger partial charge >= 0.3 is 0 Å². The van der Waals surface area contributed by atoms with Crippen molar-refractivity contribution in [1.82, 2.24) is 5.32 Å². The molecule has 0 aromatic heterocycles. The number of hydrogen-bond acceptors (Lipinski definition) is 2. The van der Waals surface area contributed by atoms with Crippen molar-refractivity contribution in [1.29, 1.82) is 0 Å². The number of carbonyl (C=O) groups is 1. The number of rotatable bonds is 7. The van der Waals surface area contributed by atoms with Gasteiger partial charge in [-0.2, -0.15) is 0 Å². The van der Waals surface area contributed by atoms with E-state index in [1.165, 1.54) is 16.7 Å². The first-order chi connectivity index (χ1) is 11.4. The number of aryl methyl sites for hydroxylation is 1. The number of amides is 1. The minimum atomic E-state index is -0.722. The van der Waals surface area contributed by atoms with Crippen LogP contribution in [-0.2, 0) is 4.79 Å². The van der Waals surface area contributed by atoms with Crippen LogP contribution in [0.15, 0.2) is 48.1 Å². The first-order valence-electron chi connectivity index (χ1n) is 8.80. The summed E-state index contributed by atoms with van der Waals surface area (Å²) in [4.78, 5) is 12.1. The van der Waals surface area contributed by atoms with Gasteiger partial charge in [0.2, 0.25) is 5.91 Å². The highest BCUT2D eigenvalue weighted by atomic mass is 16.1. The molecule has 3 nitrogen and oxygen atoms in total. The van der Waals surface area contributed by atoms with Crippen LogP contribution in [0.5, 0.6) is 0 Å². The Hall–Kier alpha value is -1.87. The summed E-state index contributed by atoms with van der Waals surface area (Å²) in [6, 6.07) is 8.39. The van der Waals surface area contributed by atoms with Gasteiger partial charge in [0, 0.05) is 12.5 Å². The molecule has 24 heavy (non-hydrogen) atoms. The molecule has 1 aromatic rings. The van der Waals surface area contributed by atoms with Gasteiger partial charge in [-0.3, -0.25) is 4.79 Å². The van der Waals surface area contributed by atoms with Crippen molar-refractivity contribution in [2.75, 3.05) is 13.1 Å². The van der Waals surface area contributed by atoms with Crippen molar-refractivity contribution >= 4 is 5.91 Å². The highest BCUT2D eigenvalue weighted by molar-refractivity contribution is 5.86. The number of primary amides is 1. The lowest BCUT2D eigenvalue weighted by Gasteiger charge is -2.31. The van der Waals surface area contributed by atoms with E-state index in [-0.39, 0.29) is 11.8 Å². The molecule has 1 aromatic carbocycles. The van der Waals surface area contributed by atoms with Crippen LogP contribution in [0.4, 0.5) is 0 Å². The van der Waals surface area contributed by atoms with E-state index in [1.54, 1.807) is 0 Å². The molecular formula is C21H30N2O. The Morgan fingerprint density at radius 2 is 2.00 bits per heavy atom. The van der Waals surface area contributed by atoms with Gasteiger partial charge in [0.15, 0.2) is 0 Å². The second-order valence-electron chi connectivity index (χ2n) is 7.35. The van der Waals surface area contributed by atoms with Crippen LogP contribution < -0.4 is 11.1 Å². The molecule has 0 radical (unpaired) electrons. The van der Waals surface area contributed by atoms with Crippen LogP contribution in [0, 0.1) is 18.3 Å². The molecule has 130 valence electrons. The number of allylic oxidation sites excluding steroid dienone is 2. The van der Waals surface area contributed by atoms with Gasteiger partial charge in [-0.1, -0.05) is 61.9 Å². The van der Waals surface area contributed by atoms with Crippen molar-refractivity contribution in [3.05, 3.63) is 59.2 Å². The fraction of sp³-hybridized carbons (Fsp3) is 0.476. The van der Waals surface area contributed by atoms with E-state index in [1.807, 2.05) is 6.08 Å². The average Bonchev–Trinajstić information content (AvgIpc) is 2.52. The minimum Gasteiger partial charge on any atom is -0.369 e. The van der Waals surface area contributed by atoms with Crippen LogP contribution in [0.1, 0.15) is 44.2 Å². The van der Waals surface area contributed by atoms with Crippen LogP contribution >= 0.6 is 0 Å². The van der Waals surface area contributed by atoms with Gasteiger partial charge in [0.25, 0.3) is 0 Å². The molecule has 1 aliphatic rings.